The van der Waals surface area contributed by atoms with E-state index in [2.05, 4.69) is 10.3 Å². The van der Waals surface area contributed by atoms with Gasteiger partial charge in [0.25, 0.3) is 5.91 Å². The number of halogens is 1. The molecule has 2 aliphatic heterocycles. The van der Waals surface area contributed by atoms with Crippen molar-refractivity contribution in [1.29, 1.82) is 0 Å². The molecule has 2 heterocycles. The van der Waals surface area contributed by atoms with Crippen molar-refractivity contribution in [2.75, 3.05) is 13.2 Å². The molecule has 0 spiro atoms. The first-order valence-electron chi connectivity index (χ1n) is 8.38. The van der Waals surface area contributed by atoms with Gasteiger partial charge in [-0.1, -0.05) is 23.9 Å². The van der Waals surface area contributed by atoms with E-state index in [1.165, 1.54) is 23.9 Å². The van der Waals surface area contributed by atoms with Crippen molar-refractivity contribution >= 4 is 22.8 Å². The van der Waals surface area contributed by atoms with Crippen LogP contribution >= 0.6 is 11.8 Å². The Kier molecular flexibility index (Phi) is 5.25. The van der Waals surface area contributed by atoms with Crippen LogP contribution in [0.25, 0.3) is 0 Å². The van der Waals surface area contributed by atoms with E-state index >= 15 is 0 Å². The van der Waals surface area contributed by atoms with Gasteiger partial charge in [0.05, 0.1) is 6.04 Å². The normalized spacial score (nSPS) is 26.3. The first-order chi connectivity index (χ1) is 11.5. The van der Waals surface area contributed by atoms with Gasteiger partial charge in [0.15, 0.2) is 5.17 Å². The fraction of sp³-hybridized carbons (Fsp3) is 0.556. The fourth-order valence-electron chi connectivity index (χ4n) is 3.20. The summed E-state index contributed by atoms with van der Waals surface area (Å²) in [5.74, 6) is 0.204. The van der Waals surface area contributed by atoms with Gasteiger partial charge in [-0.15, -0.1) is 0 Å². The summed E-state index contributed by atoms with van der Waals surface area (Å²) in [6.45, 7) is 5.53. The largest absolute Gasteiger partial charge is 0.381 e. The van der Waals surface area contributed by atoms with Gasteiger partial charge in [0, 0.05) is 13.2 Å². The molecule has 3 rings (SSSR count). The Morgan fingerprint density at radius 1 is 1.38 bits per heavy atom. The first kappa shape index (κ1) is 17.4. The van der Waals surface area contributed by atoms with E-state index in [1.54, 1.807) is 12.1 Å². The van der Waals surface area contributed by atoms with Crippen molar-refractivity contribution in [3.63, 3.8) is 0 Å². The number of nitrogens with zero attached hydrogens (tertiary/aromatic N) is 1. The second kappa shape index (κ2) is 7.23. The summed E-state index contributed by atoms with van der Waals surface area (Å²) in [7, 11) is 0. The molecule has 1 fully saturated rings. The molecule has 0 radical (unpaired) electrons. The molecule has 1 aromatic carbocycles. The molecular weight excluding hydrogens is 327 g/mol. The number of hydrogen-bond acceptors (Lipinski definition) is 4. The zero-order valence-corrected chi connectivity index (χ0v) is 14.9. The van der Waals surface area contributed by atoms with Crippen LogP contribution in [0.1, 0.15) is 44.7 Å². The molecule has 6 heteroatoms. The van der Waals surface area contributed by atoms with Crippen LogP contribution in [0.4, 0.5) is 4.39 Å². The number of ether oxygens (including phenoxy) is 1. The maximum absolute atomic E-state index is 13.0. The number of aliphatic imine (C=N–C) groups is 1. The third-order valence-corrected chi connectivity index (χ3v) is 5.90. The molecule has 1 N–H and O–H groups in total. The molecule has 1 aromatic rings. The maximum Gasteiger partial charge on any atom is 0.264 e. The second-order valence-electron chi connectivity index (χ2n) is 6.73. The molecule has 130 valence electrons. The molecule has 1 unspecified atom stereocenters. The minimum atomic E-state index is -0.493. The predicted molar refractivity (Wildman–Crippen MR) is 94.5 cm³/mol. The number of rotatable bonds is 4. The van der Waals surface area contributed by atoms with Crippen LogP contribution in [0.3, 0.4) is 0 Å². The maximum atomic E-state index is 13.0. The highest BCUT2D eigenvalue weighted by molar-refractivity contribution is 8.16. The van der Waals surface area contributed by atoms with Crippen LogP contribution < -0.4 is 5.32 Å². The molecule has 2 atom stereocenters. The Hall–Kier alpha value is -1.40. The van der Waals surface area contributed by atoms with Crippen LogP contribution in [0.2, 0.25) is 0 Å². The number of nitrogens with one attached hydrogen (secondary N) is 1. The molecule has 24 heavy (non-hydrogen) atoms. The molecule has 0 saturated carbocycles. The zero-order chi connectivity index (χ0) is 17.2. The molecule has 0 bridgehead atoms. The average molecular weight is 350 g/mol. The van der Waals surface area contributed by atoms with Gasteiger partial charge in [-0.2, -0.15) is 4.99 Å². The lowest BCUT2D eigenvalue weighted by atomic mass is 9.89. The molecule has 1 amide bonds. The third kappa shape index (κ3) is 3.98. The highest BCUT2D eigenvalue weighted by Gasteiger charge is 2.43. The van der Waals surface area contributed by atoms with Crippen LogP contribution in [-0.4, -0.2) is 29.0 Å². The van der Waals surface area contributed by atoms with Gasteiger partial charge in [0.2, 0.25) is 0 Å². The number of benzene rings is 1. The Labute approximate surface area is 146 Å². The van der Waals surface area contributed by atoms with Crippen molar-refractivity contribution in [2.45, 2.75) is 43.9 Å². The molecule has 0 aliphatic carbocycles. The Morgan fingerprint density at radius 2 is 2.04 bits per heavy atom. The van der Waals surface area contributed by atoms with Crippen LogP contribution in [0.5, 0.6) is 0 Å². The smallest absolute Gasteiger partial charge is 0.264 e. The molecular formula is C18H23FN2O2S. The van der Waals surface area contributed by atoms with E-state index in [9.17, 15) is 9.18 Å². The molecule has 4 nitrogen and oxygen atoms in total. The highest BCUT2D eigenvalue weighted by atomic mass is 32.2. The number of amides is 1. The van der Waals surface area contributed by atoms with Crippen molar-refractivity contribution < 1.29 is 13.9 Å². The SMILES string of the molecule is C[C@H](NC1=NC(=O)C(C)(CC2CCOCC2)S1)c1ccc(F)cc1. The highest BCUT2D eigenvalue weighted by Crippen LogP contribution is 2.40. The summed E-state index contributed by atoms with van der Waals surface area (Å²) < 4.78 is 17.9. The number of carbonyl (C=O) groups excluding carboxylic acids is 1. The van der Waals surface area contributed by atoms with Gasteiger partial charge in [-0.3, -0.25) is 4.79 Å². The Bertz CT molecular complexity index is 628. The van der Waals surface area contributed by atoms with Gasteiger partial charge in [0.1, 0.15) is 10.6 Å². The summed E-state index contributed by atoms with van der Waals surface area (Å²) in [4.78, 5) is 16.6. The van der Waals surface area contributed by atoms with Crippen molar-refractivity contribution in [1.82, 2.24) is 5.32 Å². The lowest BCUT2D eigenvalue weighted by Gasteiger charge is -2.29. The minimum absolute atomic E-state index is 0.0323. The van der Waals surface area contributed by atoms with Crippen LogP contribution in [0, 0.1) is 11.7 Å². The molecule has 2 aliphatic rings. The van der Waals surface area contributed by atoms with E-state index in [0.29, 0.717) is 11.1 Å². The Balaban J connectivity index is 1.60. The summed E-state index contributed by atoms with van der Waals surface area (Å²) in [6, 6.07) is 6.34. The lowest BCUT2D eigenvalue weighted by molar-refractivity contribution is -0.120. The van der Waals surface area contributed by atoms with Gasteiger partial charge in [-0.25, -0.2) is 4.39 Å². The fourth-order valence-corrected chi connectivity index (χ4v) is 4.45. The average Bonchev–Trinajstić information content (AvgIpc) is 2.82. The lowest BCUT2D eigenvalue weighted by Crippen LogP contribution is -2.33. The van der Waals surface area contributed by atoms with E-state index in [0.717, 1.165) is 38.0 Å². The number of hydrogen-bond donors (Lipinski definition) is 1. The monoisotopic (exact) mass is 350 g/mol. The van der Waals surface area contributed by atoms with E-state index in [1.807, 2.05) is 13.8 Å². The summed E-state index contributed by atoms with van der Waals surface area (Å²) in [5, 5.41) is 3.94. The van der Waals surface area contributed by atoms with Crippen molar-refractivity contribution in [2.24, 2.45) is 10.9 Å². The van der Waals surface area contributed by atoms with E-state index < -0.39 is 4.75 Å². The van der Waals surface area contributed by atoms with Gasteiger partial charge >= 0.3 is 0 Å². The first-order valence-corrected chi connectivity index (χ1v) is 9.20. The molecule has 1 saturated heterocycles. The summed E-state index contributed by atoms with van der Waals surface area (Å²) >= 11 is 1.52. The quantitative estimate of drug-likeness (QED) is 0.900. The standard InChI is InChI=1S/C18H23FN2O2S/c1-12(14-3-5-15(19)6-4-14)20-17-21-16(22)18(2,24-17)11-13-7-9-23-10-8-13/h3-6,12-13H,7-11H2,1-2H3,(H,20,21,22)/t12-,18?/m0/s1. The van der Waals surface area contributed by atoms with Gasteiger partial charge in [-0.05, 0) is 56.7 Å². The predicted octanol–water partition coefficient (Wildman–Crippen LogP) is 3.68. The number of amidine groups is 1. The molecule has 0 aromatic heterocycles. The van der Waals surface area contributed by atoms with Gasteiger partial charge < -0.3 is 10.1 Å². The van der Waals surface area contributed by atoms with Crippen LogP contribution in [0.15, 0.2) is 29.3 Å². The zero-order valence-electron chi connectivity index (χ0n) is 14.0. The minimum Gasteiger partial charge on any atom is -0.381 e. The number of thioether (sulfide) groups is 1. The topological polar surface area (TPSA) is 50.7 Å². The van der Waals surface area contributed by atoms with Crippen molar-refractivity contribution in [3.8, 4) is 0 Å². The Morgan fingerprint density at radius 3 is 2.71 bits per heavy atom. The van der Waals surface area contributed by atoms with E-state index in [4.69, 9.17) is 4.74 Å². The summed E-state index contributed by atoms with van der Waals surface area (Å²) in [6.07, 6.45) is 2.86. The number of carbonyl (C=O) groups is 1. The third-order valence-electron chi connectivity index (χ3n) is 4.71. The van der Waals surface area contributed by atoms with Crippen molar-refractivity contribution in [3.05, 3.63) is 35.6 Å². The summed E-state index contributed by atoms with van der Waals surface area (Å²) in [5.41, 5.74) is 0.963. The van der Waals surface area contributed by atoms with Crippen LogP contribution in [-0.2, 0) is 9.53 Å². The van der Waals surface area contributed by atoms with E-state index in [-0.39, 0.29) is 17.8 Å². The second-order valence-corrected chi connectivity index (χ2v) is 8.22.